The van der Waals surface area contributed by atoms with E-state index >= 15 is 0 Å². The van der Waals surface area contributed by atoms with Gasteiger partial charge in [0.15, 0.2) is 0 Å². The highest BCUT2D eigenvalue weighted by atomic mass is 16.4. The van der Waals surface area contributed by atoms with Gasteiger partial charge in [-0.2, -0.15) is 0 Å². The Labute approximate surface area is 148 Å². The van der Waals surface area contributed by atoms with Crippen LogP contribution in [-0.2, 0) is 6.42 Å². The number of carbonyl (C=O) groups is 2. The molecule has 0 bridgehead atoms. The van der Waals surface area contributed by atoms with Crippen LogP contribution in [0.3, 0.4) is 0 Å². The third kappa shape index (κ3) is 4.02. The molecular weight excluding hydrogens is 336 g/mol. The molecule has 9 nitrogen and oxygen atoms in total. The molecule has 0 spiro atoms. The molecule has 0 unspecified atom stereocenters. The second kappa shape index (κ2) is 7.45. The predicted octanol–water partition coefficient (Wildman–Crippen LogP) is 1.55. The molecule has 0 atom stereocenters. The summed E-state index contributed by atoms with van der Waals surface area (Å²) in [6, 6.07) is 13.8. The van der Waals surface area contributed by atoms with E-state index in [1.54, 1.807) is 47.3 Å². The van der Waals surface area contributed by atoms with Crippen LogP contribution in [-0.4, -0.2) is 32.1 Å². The van der Waals surface area contributed by atoms with Crippen molar-refractivity contribution in [2.24, 2.45) is 5.84 Å². The quantitative estimate of drug-likeness (QED) is 0.312. The number of nitrogens with one attached hydrogen (secondary N) is 2. The molecule has 132 valence electrons. The Hall–Kier alpha value is -3.72. The summed E-state index contributed by atoms with van der Waals surface area (Å²) in [5.41, 5.74) is 5.54. The zero-order valence-electron chi connectivity index (χ0n) is 13.6. The van der Waals surface area contributed by atoms with E-state index < -0.39 is 6.09 Å². The molecule has 2 aromatic carbocycles. The maximum absolute atomic E-state index is 11.4. The number of hydrogen-bond donors (Lipinski definition) is 4. The number of hydrogen-bond acceptors (Lipinski definition) is 5. The normalized spacial score (nSPS) is 10.3. The molecule has 1 aromatic heterocycles. The molecule has 5 N–H and O–H groups in total. The summed E-state index contributed by atoms with van der Waals surface area (Å²) >= 11 is 0. The summed E-state index contributed by atoms with van der Waals surface area (Å²) in [6.45, 7) is 0. The Morgan fingerprint density at radius 3 is 2.38 bits per heavy atom. The van der Waals surface area contributed by atoms with Crippen molar-refractivity contribution in [2.45, 2.75) is 6.42 Å². The summed E-state index contributed by atoms with van der Waals surface area (Å²) in [6.07, 6.45) is 1.24. The van der Waals surface area contributed by atoms with E-state index in [9.17, 15) is 9.59 Å². The number of aromatic nitrogens is 3. The smallest absolute Gasteiger partial charge is 0.409 e. The molecule has 3 aromatic rings. The van der Waals surface area contributed by atoms with Gasteiger partial charge in [-0.3, -0.25) is 15.5 Å². The SMILES string of the molecule is NNC(=O)c1ccc(Cc2cn(-c3ccc(NC(=O)O)cc3)nn2)cc1. The van der Waals surface area contributed by atoms with Gasteiger partial charge in [0.05, 0.1) is 17.6 Å². The summed E-state index contributed by atoms with van der Waals surface area (Å²) < 4.78 is 1.61. The standard InChI is InChI=1S/C17H16N6O3/c18-20-16(24)12-3-1-11(2-4-12)9-14-10-23(22-21-14)15-7-5-13(6-8-15)19-17(25)26/h1-8,10,19H,9,18H2,(H,20,24)(H,25,26). The third-order valence-corrected chi connectivity index (χ3v) is 3.66. The Bertz CT molecular complexity index is 918. The van der Waals surface area contributed by atoms with Crippen LogP contribution in [0.2, 0.25) is 0 Å². The van der Waals surface area contributed by atoms with Gasteiger partial charge in [0.2, 0.25) is 0 Å². The van der Waals surface area contributed by atoms with E-state index in [-0.39, 0.29) is 5.91 Å². The van der Waals surface area contributed by atoms with Gasteiger partial charge >= 0.3 is 6.09 Å². The first kappa shape index (κ1) is 17.1. The molecule has 0 saturated carbocycles. The van der Waals surface area contributed by atoms with Crippen molar-refractivity contribution in [3.8, 4) is 5.69 Å². The Morgan fingerprint density at radius 2 is 1.77 bits per heavy atom. The Morgan fingerprint density at radius 1 is 1.08 bits per heavy atom. The van der Waals surface area contributed by atoms with E-state index in [4.69, 9.17) is 10.9 Å². The second-order valence-corrected chi connectivity index (χ2v) is 5.48. The molecule has 26 heavy (non-hydrogen) atoms. The summed E-state index contributed by atoms with van der Waals surface area (Å²) in [5.74, 6) is 4.76. The van der Waals surface area contributed by atoms with E-state index in [1.807, 2.05) is 12.1 Å². The number of nitrogens with zero attached hydrogens (tertiary/aromatic N) is 3. The van der Waals surface area contributed by atoms with Crippen molar-refractivity contribution in [3.63, 3.8) is 0 Å². The minimum Gasteiger partial charge on any atom is -0.465 e. The maximum Gasteiger partial charge on any atom is 0.409 e. The maximum atomic E-state index is 11.4. The topological polar surface area (TPSA) is 135 Å². The summed E-state index contributed by atoms with van der Waals surface area (Å²) in [7, 11) is 0. The van der Waals surface area contributed by atoms with Gasteiger partial charge in [-0.05, 0) is 42.0 Å². The van der Waals surface area contributed by atoms with Crippen molar-refractivity contribution >= 4 is 17.7 Å². The molecule has 0 aliphatic rings. The van der Waals surface area contributed by atoms with Crippen LogP contribution in [0, 0.1) is 0 Å². The zero-order valence-corrected chi connectivity index (χ0v) is 13.6. The van der Waals surface area contributed by atoms with Crippen LogP contribution in [0.5, 0.6) is 0 Å². The van der Waals surface area contributed by atoms with Crippen LogP contribution >= 0.6 is 0 Å². The fourth-order valence-corrected chi connectivity index (χ4v) is 2.39. The highest BCUT2D eigenvalue weighted by Crippen LogP contribution is 2.14. The monoisotopic (exact) mass is 352 g/mol. The van der Waals surface area contributed by atoms with Crippen LogP contribution in [0.1, 0.15) is 21.6 Å². The highest BCUT2D eigenvalue weighted by molar-refractivity contribution is 5.93. The molecule has 0 aliphatic heterocycles. The van der Waals surface area contributed by atoms with Gasteiger partial charge in [-0.1, -0.05) is 17.3 Å². The van der Waals surface area contributed by atoms with Crippen molar-refractivity contribution in [2.75, 3.05) is 5.32 Å². The first-order valence-electron chi connectivity index (χ1n) is 7.66. The van der Waals surface area contributed by atoms with Gasteiger partial charge in [0, 0.05) is 17.7 Å². The molecule has 0 saturated heterocycles. The fourth-order valence-electron chi connectivity index (χ4n) is 2.39. The van der Waals surface area contributed by atoms with E-state index in [0.717, 1.165) is 16.9 Å². The molecule has 0 fully saturated rings. The lowest BCUT2D eigenvalue weighted by Crippen LogP contribution is -2.29. The van der Waals surface area contributed by atoms with E-state index in [0.29, 0.717) is 17.7 Å². The van der Waals surface area contributed by atoms with E-state index in [1.165, 1.54) is 0 Å². The van der Waals surface area contributed by atoms with Crippen LogP contribution in [0.25, 0.3) is 5.69 Å². The number of rotatable bonds is 5. The van der Waals surface area contributed by atoms with Crippen LogP contribution in [0.15, 0.2) is 54.7 Å². The molecule has 0 radical (unpaired) electrons. The minimum atomic E-state index is -1.12. The predicted molar refractivity (Wildman–Crippen MR) is 93.9 cm³/mol. The Balaban J connectivity index is 1.69. The lowest BCUT2D eigenvalue weighted by molar-refractivity contribution is 0.0953. The van der Waals surface area contributed by atoms with Crippen molar-refractivity contribution in [3.05, 3.63) is 71.5 Å². The number of carboxylic acid groups (broad SMARTS) is 1. The number of hydrazine groups is 1. The summed E-state index contributed by atoms with van der Waals surface area (Å²) in [4.78, 5) is 22.0. The number of carbonyl (C=O) groups excluding carboxylic acids is 1. The number of nitrogen functional groups attached to an aromatic ring is 1. The number of nitrogens with two attached hydrogens (primary N) is 1. The molecule has 0 aliphatic carbocycles. The minimum absolute atomic E-state index is 0.344. The first-order valence-corrected chi connectivity index (χ1v) is 7.66. The average Bonchev–Trinajstić information content (AvgIpc) is 3.10. The fraction of sp³-hybridized carbons (Fsp3) is 0.0588. The lowest BCUT2D eigenvalue weighted by atomic mass is 10.1. The molecular formula is C17H16N6O3. The molecule has 3 rings (SSSR count). The second-order valence-electron chi connectivity index (χ2n) is 5.48. The van der Waals surface area contributed by atoms with Crippen LogP contribution in [0.4, 0.5) is 10.5 Å². The van der Waals surface area contributed by atoms with Crippen LogP contribution < -0.4 is 16.6 Å². The van der Waals surface area contributed by atoms with Gasteiger partial charge in [0.25, 0.3) is 5.91 Å². The largest absolute Gasteiger partial charge is 0.465 e. The molecule has 2 amide bonds. The van der Waals surface area contributed by atoms with E-state index in [2.05, 4.69) is 21.1 Å². The van der Waals surface area contributed by atoms with Gasteiger partial charge in [-0.15, -0.1) is 5.10 Å². The zero-order chi connectivity index (χ0) is 18.5. The highest BCUT2D eigenvalue weighted by Gasteiger charge is 2.07. The van der Waals surface area contributed by atoms with Gasteiger partial charge in [0.1, 0.15) is 0 Å². The Kier molecular flexibility index (Phi) is 4.90. The number of amides is 2. The first-order chi connectivity index (χ1) is 12.5. The van der Waals surface area contributed by atoms with Crippen molar-refractivity contribution in [1.82, 2.24) is 20.4 Å². The number of anilines is 1. The molecule has 9 heteroatoms. The molecule has 1 heterocycles. The summed E-state index contributed by atoms with van der Waals surface area (Å²) in [5, 5.41) is 19.2. The third-order valence-electron chi connectivity index (χ3n) is 3.66. The number of benzene rings is 2. The van der Waals surface area contributed by atoms with Crippen molar-refractivity contribution in [1.29, 1.82) is 0 Å². The average molecular weight is 352 g/mol. The van der Waals surface area contributed by atoms with Gasteiger partial charge in [-0.25, -0.2) is 15.3 Å². The van der Waals surface area contributed by atoms with Gasteiger partial charge < -0.3 is 5.11 Å². The lowest BCUT2D eigenvalue weighted by Gasteiger charge is -2.03. The van der Waals surface area contributed by atoms with Crippen molar-refractivity contribution < 1.29 is 14.7 Å².